The van der Waals surface area contributed by atoms with Gasteiger partial charge in [-0.25, -0.2) is 0 Å². The van der Waals surface area contributed by atoms with Crippen LogP contribution in [-0.2, 0) is 0 Å². The third kappa shape index (κ3) is 3.26. The summed E-state index contributed by atoms with van der Waals surface area (Å²) in [5.74, 6) is 1.80. The molecule has 1 saturated heterocycles. The largest absolute Gasteiger partial charge is 0.489 e. The molecule has 0 N–H and O–H groups in total. The van der Waals surface area contributed by atoms with Crippen LogP contribution in [0, 0.1) is 12.8 Å². The van der Waals surface area contributed by atoms with Crippen molar-refractivity contribution in [2.75, 3.05) is 13.6 Å². The zero-order chi connectivity index (χ0) is 13.1. The number of para-hydroxylation sites is 1. The third-order valence-corrected chi connectivity index (χ3v) is 3.78. The maximum Gasteiger partial charge on any atom is 0.122 e. The van der Waals surface area contributed by atoms with Crippen LogP contribution in [0.5, 0.6) is 5.75 Å². The van der Waals surface area contributed by atoms with Crippen LogP contribution >= 0.6 is 0 Å². The molecule has 0 bridgehead atoms. The average Bonchev–Trinajstić information content (AvgIpc) is 2.62. The second kappa shape index (κ2) is 5.75. The Hall–Kier alpha value is -1.02. The van der Waals surface area contributed by atoms with Gasteiger partial charge in [0.15, 0.2) is 0 Å². The molecule has 0 aromatic heterocycles. The molecule has 0 amide bonds. The lowest BCUT2D eigenvalue weighted by molar-refractivity contribution is 0.206. The smallest absolute Gasteiger partial charge is 0.122 e. The minimum absolute atomic E-state index is 0.347. The summed E-state index contributed by atoms with van der Waals surface area (Å²) < 4.78 is 6.15. The first-order chi connectivity index (χ1) is 8.56. The fraction of sp³-hybridized carbons (Fsp3) is 0.625. The van der Waals surface area contributed by atoms with Crippen molar-refractivity contribution in [2.24, 2.45) is 5.92 Å². The molecule has 2 rings (SSSR count). The number of hydrogen-bond acceptors (Lipinski definition) is 2. The Balaban J connectivity index is 1.94. The summed E-state index contributed by atoms with van der Waals surface area (Å²) in [6, 6.07) is 8.97. The van der Waals surface area contributed by atoms with Gasteiger partial charge in [-0.1, -0.05) is 32.0 Å². The van der Waals surface area contributed by atoms with Gasteiger partial charge in [0.25, 0.3) is 0 Å². The number of ether oxygens (including phenoxy) is 1. The number of likely N-dealkylation sites (N-methyl/N-ethyl adjacent to an activating group) is 1. The van der Waals surface area contributed by atoms with E-state index in [-0.39, 0.29) is 0 Å². The Morgan fingerprint density at radius 2 is 2.06 bits per heavy atom. The summed E-state index contributed by atoms with van der Waals surface area (Å²) in [7, 11) is 2.22. The van der Waals surface area contributed by atoms with Crippen LogP contribution in [0.15, 0.2) is 24.3 Å². The van der Waals surface area contributed by atoms with E-state index in [9.17, 15) is 0 Å². The molecule has 1 aliphatic heterocycles. The third-order valence-electron chi connectivity index (χ3n) is 3.78. The van der Waals surface area contributed by atoms with Crippen molar-refractivity contribution >= 4 is 0 Å². The molecule has 2 atom stereocenters. The van der Waals surface area contributed by atoms with E-state index >= 15 is 0 Å². The molecule has 2 unspecified atom stereocenters. The molecule has 1 aliphatic rings. The van der Waals surface area contributed by atoms with E-state index in [1.54, 1.807) is 0 Å². The monoisotopic (exact) mass is 247 g/mol. The number of aryl methyl sites for hydroxylation is 1. The first kappa shape index (κ1) is 13.4. The van der Waals surface area contributed by atoms with Crippen molar-refractivity contribution in [1.82, 2.24) is 4.90 Å². The molecule has 1 aromatic carbocycles. The topological polar surface area (TPSA) is 12.5 Å². The van der Waals surface area contributed by atoms with E-state index in [4.69, 9.17) is 4.74 Å². The summed E-state index contributed by atoms with van der Waals surface area (Å²) in [5, 5.41) is 0. The lowest BCUT2D eigenvalue weighted by atomic mass is 10.0. The van der Waals surface area contributed by atoms with Crippen LogP contribution in [0.1, 0.15) is 32.3 Å². The highest BCUT2D eigenvalue weighted by Crippen LogP contribution is 2.27. The van der Waals surface area contributed by atoms with Gasteiger partial charge in [0.1, 0.15) is 11.9 Å². The first-order valence-electron chi connectivity index (χ1n) is 6.98. The second-order valence-electron chi connectivity index (χ2n) is 5.96. The molecular formula is C16H25NO. The van der Waals surface area contributed by atoms with Gasteiger partial charge in [0.05, 0.1) is 0 Å². The van der Waals surface area contributed by atoms with Gasteiger partial charge in [-0.3, -0.25) is 4.90 Å². The molecule has 0 spiro atoms. The zero-order valence-electron chi connectivity index (χ0n) is 12.0. The highest BCUT2D eigenvalue weighted by atomic mass is 16.5. The average molecular weight is 247 g/mol. The summed E-state index contributed by atoms with van der Waals surface area (Å²) in [6.07, 6.45) is 2.77. The molecule has 2 heteroatoms. The summed E-state index contributed by atoms with van der Waals surface area (Å²) in [4.78, 5) is 2.45. The Labute approximate surface area is 111 Å². The Morgan fingerprint density at radius 3 is 2.72 bits per heavy atom. The van der Waals surface area contributed by atoms with E-state index in [2.05, 4.69) is 50.9 Å². The summed E-state index contributed by atoms with van der Waals surface area (Å²) in [6.45, 7) is 7.75. The quantitative estimate of drug-likeness (QED) is 0.807. The van der Waals surface area contributed by atoms with E-state index in [0.29, 0.717) is 12.1 Å². The highest BCUT2D eigenvalue weighted by Gasteiger charge is 2.31. The van der Waals surface area contributed by atoms with E-state index in [0.717, 1.165) is 24.6 Å². The van der Waals surface area contributed by atoms with Gasteiger partial charge in [-0.2, -0.15) is 0 Å². The lowest BCUT2D eigenvalue weighted by Gasteiger charge is -2.20. The summed E-state index contributed by atoms with van der Waals surface area (Å²) >= 11 is 0. The molecule has 0 aliphatic carbocycles. The van der Waals surface area contributed by atoms with Crippen LogP contribution in [0.2, 0.25) is 0 Å². The Morgan fingerprint density at radius 1 is 1.33 bits per heavy atom. The zero-order valence-corrected chi connectivity index (χ0v) is 12.0. The normalized spacial score (nSPS) is 24.7. The van der Waals surface area contributed by atoms with Gasteiger partial charge in [0, 0.05) is 19.0 Å². The standard InChI is InChI=1S/C16H25NO/c1-12(2)9-14-10-15(11-17(14)4)18-16-8-6-5-7-13(16)3/h5-8,12,14-15H,9-11H2,1-4H3. The predicted molar refractivity (Wildman–Crippen MR) is 76.1 cm³/mol. The maximum absolute atomic E-state index is 6.15. The Kier molecular flexibility index (Phi) is 4.28. The molecule has 1 heterocycles. The van der Waals surface area contributed by atoms with Gasteiger partial charge >= 0.3 is 0 Å². The minimum atomic E-state index is 0.347. The van der Waals surface area contributed by atoms with Crippen molar-refractivity contribution in [2.45, 2.75) is 45.8 Å². The number of likely N-dealkylation sites (tertiary alicyclic amines) is 1. The molecule has 100 valence electrons. The Bertz CT molecular complexity index is 388. The van der Waals surface area contributed by atoms with E-state index < -0.39 is 0 Å². The number of benzene rings is 1. The molecule has 1 fully saturated rings. The number of nitrogens with zero attached hydrogens (tertiary/aromatic N) is 1. The molecule has 0 saturated carbocycles. The summed E-state index contributed by atoms with van der Waals surface area (Å²) in [5.41, 5.74) is 1.23. The predicted octanol–water partition coefficient (Wildman–Crippen LogP) is 3.49. The lowest BCUT2D eigenvalue weighted by Crippen LogP contribution is -2.26. The van der Waals surface area contributed by atoms with Crippen LogP contribution in [-0.4, -0.2) is 30.6 Å². The second-order valence-corrected chi connectivity index (χ2v) is 5.96. The van der Waals surface area contributed by atoms with E-state index in [1.165, 1.54) is 12.0 Å². The van der Waals surface area contributed by atoms with Gasteiger partial charge in [-0.15, -0.1) is 0 Å². The van der Waals surface area contributed by atoms with Crippen molar-refractivity contribution < 1.29 is 4.74 Å². The minimum Gasteiger partial charge on any atom is -0.489 e. The SMILES string of the molecule is Cc1ccccc1OC1CC(CC(C)C)N(C)C1. The number of rotatable bonds is 4. The fourth-order valence-corrected chi connectivity index (χ4v) is 2.80. The highest BCUT2D eigenvalue weighted by molar-refractivity contribution is 5.32. The van der Waals surface area contributed by atoms with Gasteiger partial charge in [-0.05, 0) is 37.9 Å². The van der Waals surface area contributed by atoms with E-state index in [1.807, 2.05) is 6.07 Å². The van der Waals surface area contributed by atoms with Crippen molar-refractivity contribution in [1.29, 1.82) is 0 Å². The van der Waals surface area contributed by atoms with Crippen LogP contribution in [0.4, 0.5) is 0 Å². The van der Waals surface area contributed by atoms with Crippen molar-refractivity contribution in [3.05, 3.63) is 29.8 Å². The van der Waals surface area contributed by atoms with Crippen LogP contribution < -0.4 is 4.74 Å². The van der Waals surface area contributed by atoms with Crippen LogP contribution in [0.3, 0.4) is 0 Å². The molecule has 0 radical (unpaired) electrons. The van der Waals surface area contributed by atoms with Crippen LogP contribution in [0.25, 0.3) is 0 Å². The number of hydrogen-bond donors (Lipinski definition) is 0. The van der Waals surface area contributed by atoms with Crippen molar-refractivity contribution in [3.8, 4) is 5.75 Å². The first-order valence-corrected chi connectivity index (χ1v) is 6.98. The molecule has 2 nitrogen and oxygen atoms in total. The maximum atomic E-state index is 6.15. The molecular weight excluding hydrogens is 222 g/mol. The molecule has 1 aromatic rings. The van der Waals surface area contributed by atoms with Crippen molar-refractivity contribution in [3.63, 3.8) is 0 Å². The van der Waals surface area contributed by atoms with Gasteiger partial charge < -0.3 is 4.74 Å². The van der Waals surface area contributed by atoms with Gasteiger partial charge in [0.2, 0.25) is 0 Å². The fourth-order valence-electron chi connectivity index (χ4n) is 2.80. The molecule has 18 heavy (non-hydrogen) atoms.